The van der Waals surface area contributed by atoms with Gasteiger partial charge in [-0.3, -0.25) is 4.98 Å². The first-order chi connectivity index (χ1) is 11.1. The van der Waals surface area contributed by atoms with Crippen LogP contribution in [0.1, 0.15) is 42.6 Å². The highest BCUT2D eigenvalue weighted by atomic mass is 15.4. The standard InChI is InChI=1S/C18H21N5/c1-12(2)16-8-18(23-17(20-16)7-13(3)21-23)22-10-15(11-22)14-5-4-6-19-9-14/h4-9,12,15H,10-11H2,1-3H3. The van der Waals surface area contributed by atoms with Crippen LogP contribution in [0.25, 0.3) is 5.65 Å². The second-order valence-corrected chi connectivity index (χ2v) is 6.64. The Morgan fingerprint density at radius 2 is 2.04 bits per heavy atom. The second kappa shape index (κ2) is 5.33. The van der Waals surface area contributed by atoms with E-state index in [1.54, 1.807) is 0 Å². The van der Waals surface area contributed by atoms with Crippen LogP contribution in [0.5, 0.6) is 0 Å². The van der Waals surface area contributed by atoms with E-state index in [1.165, 1.54) is 5.56 Å². The van der Waals surface area contributed by atoms with Gasteiger partial charge in [-0.25, -0.2) is 4.98 Å². The van der Waals surface area contributed by atoms with Crippen LogP contribution in [-0.2, 0) is 0 Å². The van der Waals surface area contributed by atoms with E-state index >= 15 is 0 Å². The van der Waals surface area contributed by atoms with Crippen molar-refractivity contribution in [3.8, 4) is 0 Å². The third-order valence-electron chi connectivity index (χ3n) is 4.50. The van der Waals surface area contributed by atoms with Crippen molar-refractivity contribution in [3.63, 3.8) is 0 Å². The summed E-state index contributed by atoms with van der Waals surface area (Å²) in [5.74, 6) is 2.10. The Hall–Kier alpha value is -2.43. The Kier molecular flexibility index (Phi) is 3.29. The summed E-state index contributed by atoms with van der Waals surface area (Å²) >= 11 is 0. The van der Waals surface area contributed by atoms with Crippen LogP contribution in [0.4, 0.5) is 5.82 Å². The van der Waals surface area contributed by atoms with Crippen LogP contribution in [0.15, 0.2) is 36.7 Å². The fourth-order valence-corrected chi connectivity index (χ4v) is 3.11. The largest absolute Gasteiger partial charge is 0.355 e. The summed E-state index contributed by atoms with van der Waals surface area (Å²) in [6.07, 6.45) is 3.80. The third kappa shape index (κ3) is 2.46. The molecular formula is C18H21N5. The molecular weight excluding hydrogens is 286 g/mol. The van der Waals surface area contributed by atoms with Gasteiger partial charge in [0.25, 0.3) is 0 Å². The van der Waals surface area contributed by atoms with E-state index in [0.717, 1.165) is 35.9 Å². The first kappa shape index (κ1) is 14.2. The molecule has 4 rings (SSSR count). The molecule has 118 valence electrons. The van der Waals surface area contributed by atoms with E-state index in [-0.39, 0.29) is 0 Å². The summed E-state index contributed by atoms with van der Waals surface area (Å²) in [4.78, 5) is 11.3. The molecule has 0 radical (unpaired) electrons. The van der Waals surface area contributed by atoms with Crippen molar-refractivity contribution in [1.29, 1.82) is 0 Å². The van der Waals surface area contributed by atoms with Gasteiger partial charge < -0.3 is 4.90 Å². The van der Waals surface area contributed by atoms with E-state index in [9.17, 15) is 0 Å². The summed E-state index contributed by atoms with van der Waals surface area (Å²) < 4.78 is 1.97. The lowest BCUT2D eigenvalue weighted by molar-refractivity contribution is 0.512. The topological polar surface area (TPSA) is 46.3 Å². The van der Waals surface area contributed by atoms with Crippen LogP contribution < -0.4 is 4.90 Å². The first-order valence-corrected chi connectivity index (χ1v) is 8.14. The van der Waals surface area contributed by atoms with E-state index < -0.39 is 0 Å². The molecule has 5 heteroatoms. The number of pyridine rings is 1. The molecule has 0 aromatic carbocycles. The molecule has 0 bridgehead atoms. The molecule has 0 spiro atoms. The van der Waals surface area contributed by atoms with Crippen LogP contribution in [0.3, 0.4) is 0 Å². The van der Waals surface area contributed by atoms with Crippen molar-refractivity contribution in [2.24, 2.45) is 0 Å². The number of nitrogens with zero attached hydrogens (tertiary/aromatic N) is 5. The van der Waals surface area contributed by atoms with Crippen LogP contribution in [0, 0.1) is 6.92 Å². The number of hydrogen-bond donors (Lipinski definition) is 0. The highest BCUT2D eigenvalue weighted by molar-refractivity contribution is 5.54. The molecule has 0 N–H and O–H groups in total. The first-order valence-electron chi connectivity index (χ1n) is 8.14. The van der Waals surface area contributed by atoms with Gasteiger partial charge in [-0.2, -0.15) is 9.61 Å². The molecule has 1 saturated heterocycles. The molecule has 0 aliphatic carbocycles. The molecule has 1 aliphatic heterocycles. The second-order valence-electron chi connectivity index (χ2n) is 6.64. The van der Waals surface area contributed by atoms with Crippen LogP contribution in [0.2, 0.25) is 0 Å². The molecule has 1 fully saturated rings. The van der Waals surface area contributed by atoms with E-state index in [1.807, 2.05) is 36.0 Å². The summed E-state index contributed by atoms with van der Waals surface area (Å²) in [6, 6.07) is 8.41. The zero-order valence-electron chi connectivity index (χ0n) is 13.8. The van der Waals surface area contributed by atoms with E-state index in [4.69, 9.17) is 4.98 Å². The Bertz CT molecular complexity index is 831. The van der Waals surface area contributed by atoms with Gasteiger partial charge in [-0.05, 0) is 24.5 Å². The van der Waals surface area contributed by atoms with Crippen LogP contribution >= 0.6 is 0 Å². The molecule has 0 atom stereocenters. The minimum atomic E-state index is 0.407. The van der Waals surface area contributed by atoms with Gasteiger partial charge in [0.15, 0.2) is 5.65 Å². The number of fused-ring (bicyclic) bond motifs is 1. The molecule has 3 aromatic heterocycles. The number of aryl methyl sites for hydroxylation is 1. The van der Waals surface area contributed by atoms with Gasteiger partial charge in [-0.15, -0.1) is 0 Å². The van der Waals surface area contributed by atoms with Gasteiger partial charge in [0.2, 0.25) is 0 Å². The maximum Gasteiger partial charge on any atom is 0.157 e. The average Bonchev–Trinajstić information content (AvgIpc) is 2.87. The summed E-state index contributed by atoms with van der Waals surface area (Å²) in [7, 11) is 0. The van der Waals surface area contributed by atoms with Crippen molar-refractivity contribution < 1.29 is 0 Å². The third-order valence-corrected chi connectivity index (χ3v) is 4.50. The molecule has 0 amide bonds. The lowest BCUT2D eigenvalue weighted by Gasteiger charge is -2.41. The van der Waals surface area contributed by atoms with Crippen molar-refractivity contribution in [1.82, 2.24) is 19.6 Å². The fraction of sp³-hybridized carbons (Fsp3) is 0.389. The van der Waals surface area contributed by atoms with Crippen molar-refractivity contribution >= 4 is 11.5 Å². The lowest BCUT2D eigenvalue weighted by Crippen LogP contribution is -2.46. The zero-order valence-corrected chi connectivity index (χ0v) is 13.8. The van der Waals surface area contributed by atoms with Crippen LogP contribution in [-0.4, -0.2) is 32.7 Å². The number of aromatic nitrogens is 4. The predicted octanol–water partition coefficient (Wildman–Crippen LogP) is 3.16. The molecule has 5 nitrogen and oxygen atoms in total. The van der Waals surface area contributed by atoms with E-state index in [0.29, 0.717) is 11.8 Å². The van der Waals surface area contributed by atoms with Gasteiger partial charge in [-0.1, -0.05) is 19.9 Å². The highest BCUT2D eigenvalue weighted by Gasteiger charge is 2.30. The normalized spacial score (nSPS) is 15.4. The maximum atomic E-state index is 4.74. The van der Waals surface area contributed by atoms with Crippen molar-refractivity contribution in [2.75, 3.05) is 18.0 Å². The maximum absolute atomic E-state index is 4.74. The SMILES string of the molecule is Cc1cc2nc(C(C)C)cc(N3CC(c4cccnc4)C3)n2n1. The molecule has 0 unspecified atom stereocenters. The minimum absolute atomic E-state index is 0.407. The highest BCUT2D eigenvalue weighted by Crippen LogP contribution is 2.32. The Balaban J connectivity index is 1.67. The minimum Gasteiger partial charge on any atom is -0.355 e. The number of rotatable bonds is 3. The average molecular weight is 307 g/mol. The molecule has 4 heterocycles. The summed E-state index contributed by atoms with van der Waals surface area (Å²) in [5.41, 5.74) is 4.38. The smallest absolute Gasteiger partial charge is 0.157 e. The van der Waals surface area contributed by atoms with Gasteiger partial charge in [0.1, 0.15) is 5.82 Å². The Morgan fingerprint density at radius 1 is 1.22 bits per heavy atom. The quantitative estimate of drug-likeness (QED) is 0.745. The predicted molar refractivity (Wildman–Crippen MR) is 91.0 cm³/mol. The number of hydrogen-bond acceptors (Lipinski definition) is 4. The zero-order chi connectivity index (χ0) is 16.0. The molecule has 1 aliphatic rings. The van der Waals surface area contributed by atoms with Gasteiger partial charge in [0.05, 0.1) is 5.69 Å². The Morgan fingerprint density at radius 3 is 2.74 bits per heavy atom. The van der Waals surface area contributed by atoms with E-state index in [2.05, 4.69) is 41.0 Å². The number of anilines is 1. The molecule has 0 saturated carbocycles. The summed E-state index contributed by atoms with van der Waals surface area (Å²) in [5, 5.41) is 4.61. The Labute approximate surface area is 136 Å². The molecule has 3 aromatic rings. The van der Waals surface area contributed by atoms with Gasteiger partial charge in [0, 0.05) is 49.2 Å². The molecule has 23 heavy (non-hydrogen) atoms. The van der Waals surface area contributed by atoms with Gasteiger partial charge >= 0.3 is 0 Å². The van der Waals surface area contributed by atoms with Crippen molar-refractivity contribution in [3.05, 3.63) is 53.6 Å². The van der Waals surface area contributed by atoms with Crippen molar-refractivity contribution in [2.45, 2.75) is 32.6 Å². The summed E-state index contributed by atoms with van der Waals surface area (Å²) in [6.45, 7) is 8.38. The lowest BCUT2D eigenvalue weighted by atomic mass is 9.92. The monoisotopic (exact) mass is 307 g/mol. The fourth-order valence-electron chi connectivity index (χ4n) is 3.11.